The molecule has 0 saturated carbocycles. The highest BCUT2D eigenvalue weighted by molar-refractivity contribution is 7.17. The van der Waals surface area contributed by atoms with Crippen LogP contribution in [0.15, 0.2) is 47.8 Å². The van der Waals surface area contributed by atoms with Gasteiger partial charge in [0.15, 0.2) is 0 Å². The van der Waals surface area contributed by atoms with Gasteiger partial charge in [0, 0.05) is 13.2 Å². The van der Waals surface area contributed by atoms with Crippen LogP contribution in [0.5, 0.6) is 5.75 Å². The van der Waals surface area contributed by atoms with E-state index in [1.165, 1.54) is 14.8 Å². The zero-order chi connectivity index (χ0) is 19.2. The fourth-order valence-electron chi connectivity index (χ4n) is 2.43. The summed E-state index contributed by atoms with van der Waals surface area (Å²) in [5.41, 5.74) is 8.20. The lowest BCUT2D eigenvalue weighted by atomic mass is 9.97. The number of nitrogens with one attached hydrogen (secondary N) is 1. The molecular formula is C19H27F2N2OP. The van der Waals surface area contributed by atoms with Crippen LogP contribution in [0.25, 0.3) is 5.57 Å². The largest absolute Gasteiger partial charge is 0.430 e. The smallest absolute Gasteiger partial charge is 0.408 e. The zero-order valence-electron chi connectivity index (χ0n) is 15.7. The Kier molecular flexibility index (Phi) is 7.78. The quantitative estimate of drug-likeness (QED) is 0.714. The van der Waals surface area contributed by atoms with Crippen LogP contribution in [0.4, 0.5) is 8.78 Å². The SMILES string of the molecule is CC.CNN1C=CC(c2ccc(OC(F)(F)P)cc2C)=CC1=C(C)C. The van der Waals surface area contributed by atoms with Gasteiger partial charge in [-0.15, -0.1) is 0 Å². The fourth-order valence-corrected chi connectivity index (χ4v) is 2.56. The standard InChI is InChI=1S/C17H21F2N2OP.C2H6/c1-11(2)16-10-13(7-8-21(16)20-4)15-6-5-14(9-12(15)3)22-17(18,19)23;1-2/h5-10,20H,23H2,1-4H3;1-2H3. The van der Waals surface area contributed by atoms with Crippen molar-refractivity contribution in [3.05, 3.63) is 58.9 Å². The third-order valence-electron chi connectivity index (χ3n) is 3.47. The third-order valence-corrected chi connectivity index (χ3v) is 3.59. The molecule has 1 N–H and O–H groups in total. The van der Waals surface area contributed by atoms with E-state index in [1.54, 1.807) is 18.2 Å². The summed E-state index contributed by atoms with van der Waals surface area (Å²) in [6, 6.07) is 4.98. The van der Waals surface area contributed by atoms with Gasteiger partial charge in [0.1, 0.15) is 5.75 Å². The lowest BCUT2D eigenvalue weighted by molar-refractivity contribution is -0.0892. The highest BCUT2D eigenvalue weighted by atomic mass is 31.0. The molecule has 6 heteroatoms. The Morgan fingerprint density at radius 2 is 1.88 bits per heavy atom. The van der Waals surface area contributed by atoms with Gasteiger partial charge in [0.2, 0.25) is 0 Å². The van der Waals surface area contributed by atoms with Crippen molar-refractivity contribution >= 4 is 14.8 Å². The van der Waals surface area contributed by atoms with Crippen LogP contribution >= 0.6 is 9.24 Å². The van der Waals surface area contributed by atoms with E-state index in [2.05, 4.69) is 16.2 Å². The molecule has 25 heavy (non-hydrogen) atoms. The summed E-state index contributed by atoms with van der Waals surface area (Å²) in [4.78, 5) is 0. The molecule has 0 amide bonds. The molecule has 0 bridgehead atoms. The first-order valence-corrected chi connectivity index (χ1v) is 8.80. The molecule has 2 rings (SSSR count). The van der Waals surface area contributed by atoms with Crippen molar-refractivity contribution in [2.45, 2.75) is 40.5 Å². The predicted molar refractivity (Wildman–Crippen MR) is 104 cm³/mol. The molecule has 1 atom stereocenters. The first-order chi connectivity index (χ1) is 11.7. The summed E-state index contributed by atoms with van der Waals surface area (Å²) >= 11 is 0. The van der Waals surface area contributed by atoms with Gasteiger partial charge in [-0.05, 0) is 71.0 Å². The number of halogens is 2. The maximum atomic E-state index is 12.9. The maximum Gasteiger partial charge on any atom is 0.408 e. The summed E-state index contributed by atoms with van der Waals surface area (Å²) in [7, 11) is 3.23. The van der Waals surface area contributed by atoms with Crippen molar-refractivity contribution in [1.82, 2.24) is 10.4 Å². The molecule has 138 valence electrons. The second-order valence-electron chi connectivity index (χ2n) is 5.53. The summed E-state index contributed by atoms with van der Waals surface area (Å²) in [5, 5.41) is 1.93. The lowest BCUT2D eigenvalue weighted by Gasteiger charge is -2.26. The number of nitrogens with zero attached hydrogens (tertiary/aromatic N) is 1. The maximum absolute atomic E-state index is 12.9. The monoisotopic (exact) mass is 368 g/mol. The average Bonchev–Trinajstić information content (AvgIpc) is 2.54. The first-order valence-electron chi connectivity index (χ1n) is 8.22. The Balaban J connectivity index is 0.00000151. The minimum atomic E-state index is -3.26. The molecule has 0 aromatic heterocycles. The summed E-state index contributed by atoms with van der Waals surface area (Å²) in [6.07, 6.45) is 5.99. The fraction of sp³-hybridized carbons (Fsp3) is 0.368. The van der Waals surface area contributed by atoms with Gasteiger partial charge in [0.25, 0.3) is 0 Å². The number of allylic oxidation sites excluding steroid dienone is 4. The van der Waals surface area contributed by atoms with Crippen molar-refractivity contribution in [2.75, 3.05) is 7.05 Å². The number of alkyl halides is 2. The minimum absolute atomic E-state index is 0.144. The molecule has 1 heterocycles. The molecule has 0 saturated heterocycles. The highest BCUT2D eigenvalue weighted by Crippen LogP contribution is 2.32. The Labute approximate surface area is 151 Å². The van der Waals surface area contributed by atoms with Gasteiger partial charge in [-0.25, -0.2) is 5.43 Å². The van der Waals surface area contributed by atoms with E-state index >= 15 is 0 Å². The lowest BCUT2D eigenvalue weighted by Crippen LogP contribution is -2.30. The Morgan fingerprint density at radius 1 is 1.24 bits per heavy atom. The Morgan fingerprint density at radius 3 is 2.36 bits per heavy atom. The molecule has 0 aliphatic carbocycles. The molecule has 1 aliphatic rings. The summed E-state index contributed by atoms with van der Waals surface area (Å²) in [6.45, 7) is 9.96. The van der Waals surface area contributed by atoms with E-state index < -0.39 is 5.85 Å². The predicted octanol–water partition coefficient (Wildman–Crippen LogP) is 5.47. The van der Waals surface area contributed by atoms with E-state index in [0.717, 1.165) is 22.4 Å². The average molecular weight is 368 g/mol. The van der Waals surface area contributed by atoms with Crippen LogP contribution in [0.1, 0.15) is 38.8 Å². The van der Waals surface area contributed by atoms with Gasteiger partial charge in [-0.1, -0.05) is 25.5 Å². The molecule has 1 aromatic carbocycles. The number of hydrazine groups is 1. The van der Waals surface area contributed by atoms with Gasteiger partial charge < -0.3 is 4.74 Å². The van der Waals surface area contributed by atoms with Gasteiger partial charge in [-0.2, -0.15) is 8.78 Å². The van der Waals surface area contributed by atoms with Crippen molar-refractivity contribution in [1.29, 1.82) is 0 Å². The topological polar surface area (TPSA) is 24.5 Å². The minimum Gasteiger partial charge on any atom is -0.430 e. The third kappa shape index (κ3) is 5.94. The Bertz CT molecular complexity index is 687. The molecule has 0 fully saturated rings. The van der Waals surface area contributed by atoms with E-state index in [1.807, 2.05) is 59.0 Å². The number of hydrogen-bond donors (Lipinski definition) is 1. The summed E-state index contributed by atoms with van der Waals surface area (Å²) in [5.74, 6) is -3.12. The van der Waals surface area contributed by atoms with Crippen LogP contribution < -0.4 is 10.2 Å². The van der Waals surface area contributed by atoms with E-state index in [-0.39, 0.29) is 5.75 Å². The van der Waals surface area contributed by atoms with Crippen molar-refractivity contribution in [2.24, 2.45) is 0 Å². The van der Waals surface area contributed by atoms with E-state index in [4.69, 9.17) is 0 Å². The molecular weight excluding hydrogens is 341 g/mol. The van der Waals surface area contributed by atoms with Crippen molar-refractivity contribution in [3.8, 4) is 5.75 Å². The van der Waals surface area contributed by atoms with Crippen LogP contribution in [0.2, 0.25) is 0 Å². The number of aryl methyl sites for hydroxylation is 1. The van der Waals surface area contributed by atoms with Gasteiger partial charge in [-0.3, -0.25) is 5.01 Å². The molecule has 3 nitrogen and oxygen atoms in total. The van der Waals surface area contributed by atoms with Crippen molar-refractivity contribution < 1.29 is 13.5 Å². The normalized spacial score (nSPS) is 13.9. The van der Waals surface area contributed by atoms with Gasteiger partial charge in [0.05, 0.1) is 5.70 Å². The number of hydrogen-bond acceptors (Lipinski definition) is 3. The highest BCUT2D eigenvalue weighted by Gasteiger charge is 2.23. The van der Waals surface area contributed by atoms with E-state index in [0.29, 0.717) is 0 Å². The second-order valence-corrected chi connectivity index (χ2v) is 6.21. The van der Waals surface area contributed by atoms with Gasteiger partial charge >= 0.3 is 5.85 Å². The molecule has 1 unspecified atom stereocenters. The molecule has 1 aliphatic heterocycles. The first kappa shape index (κ1) is 21.3. The Hall–Kier alpha value is -1.71. The number of ether oxygens (including phenoxy) is 1. The van der Waals surface area contributed by atoms with Crippen LogP contribution in [-0.2, 0) is 0 Å². The number of rotatable bonds is 4. The van der Waals surface area contributed by atoms with Crippen LogP contribution in [-0.4, -0.2) is 17.9 Å². The molecule has 0 radical (unpaired) electrons. The van der Waals surface area contributed by atoms with Crippen molar-refractivity contribution in [3.63, 3.8) is 0 Å². The zero-order valence-corrected chi connectivity index (χ0v) is 16.8. The number of benzene rings is 1. The molecule has 0 spiro atoms. The molecule has 1 aromatic rings. The van der Waals surface area contributed by atoms with Crippen LogP contribution in [0.3, 0.4) is 0 Å². The van der Waals surface area contributed by atoms with Crippen LogP contribution in [0, 0.1) is 6.92 Å². The summed E-state index contributed by atoms with van der Waals surface area (Å²) < 4.78 is 30.4. The second kappa shape index (κ2) is 9.12. The van der Waals surface area contributed by atoms with E-state index in [9.17, 15) is 8.78 Å².